The Bertz CT molecular complexity index is 1020. The third-order valence-electron chi connectivity index (χ3n) is 4.69. The molecule has 148 valence electrons. The van der Waals surface area contributed by atoms with Crippen LogP contribution >= 0.6 is 0 Å². The molecule has 0 aliphatic carbocycles. The molecule has 9 heteroatoms. The molecule has 1 aliphatic rings. The lowest BCUT2D eigenvalue weighted by Crippen LogP contribution is -2.09. The summed E-state index contributed by atoms with van der Waals surface area (Å²) < 4.78 is 12.8. The number of rotatable bonds is 7. The number of nitriles is 1. The second kappa shape index (κ2) is 8.67. The van der Waals surface area contributed by atoms with Gasteiger partial charge in [0.15, 0.2) is 0 Å². The maximum atomic E-state index is 8.72. The van der Waals surface area contributed by atoms with Gasteiger partial charge in [-0.15, -0.1) is 0 Å². The Labute approximate surface area is 168 Å². The van der Waals surface area contributed by atoms with E-state index in [1.165, 1.54) is 0 Å². The van der Waals surface area contributed by atoms with Crippen LogP contribution < -0.4 is 10.1 Å². The summed E-state index contributed by atoms with van der Waals surface area (Å²) in [4.78, 5) is 13.1. The summed E-state index contributed by atoms with van der Waals surface area (Å²) >= 11 is 0. The van der Waals surface area contributed by atoms with Crippen LogP contribution in [0, 0.1) is 11.3 Å². The number of methoxy groups -OCH3 is 1. The van der Waals surface area contributed by atoms with E-state index < -0.39 is 0 Å². The van der Waals surface area contributed by atoms with E-state index >= 15 is 0 Å². The average Bonchev–Trinajstić information content (AvgIpc) is 3.44. The first-order valence-corrected chi connectivity index (χ1v) is 9.39. The highest BCUT2D eigenvalue weighted by molar-refractivity contribution is 5.79. The van der Waals surface area contributed by atoms with Gasteiger partial charge in [-0.3, -0.25) is 9.67 Å². The number of anilines is 1. The molecule has 0 spiro atoms. The van der Waals surface area contributed by atoms with Crippen molar-refractivity contribution in [3.05, 3.63) is 36.9 Å². The van der Waals surface area contributed by atoms with E-state index in [-0.39, 0.29) is 6.04 Å². The predicted molar refractivity (Wildman–Crippen MR) is 106 cm³/mol. The first-order chi connectivity index (χ1) is 14.3. The summed E-state index contributed by atoms with van der Waals surface area (Å²) in [7, 11) is 1.61. The van der Waals surface area contributed by atoms with E-state index in [9.17, 15) is 0 Å². The van der Waals surface area contributed by atoms with Crippen LogP contribution in [0.15, 0.2) is 36.9 Å². The zero-order valence-corrected chi connectivity index (χ0v) is 16.1. The van der Waals surface area contributed by atoms with Gasteiger partial charge in [-0.2, -0.15) is 10.4 Å². The first-order valence-electron chi connectivity index (χ1n) is 9.39. The van der Waals surface area contributed by atoms with Crippen LogP contribution in [-0.2, 0) is 4.74 Å². The Hall–Kier alpha value is -3.51. The van der Waals surface area contributed by atoms with Crippen LogP contribution in [0.4, 0.5) is 5.95 Å². The molecule has 3 aromatic rings. The molecule has 0 amide bonds. The van der Waals surface area contributed by atoms with Crippen LogP contribution in [0.1, 0.15) is 18.9 Å². The van der Waals surface area contributed by atoms with Gasteiger partial charge in [0, 0.05) is 42.9 Å². The Morgan fingerprint density at radius 3 is 3.14 bits per heavy atom. The molecule has 0 radical (unpaired) electrons. The fourth-order valence-corrected chi connectivity index (χ4v) is 3.19. The molecule has 1 unspecified atom stereocenters. The fraction of sp³-hybridized carbons (Fsp3) is 0.350. The topological polar surface area (TPSA) is 111 Å². The van der Waals surface area contributed by atoms with Crippen molar-refractivity contribution in [1.29, 1.82) is 5.26 Å². The molecule has 0 saturated carbocycles. The maximum Gasteiger partial charge on any atom is 0.223 e. The highest BCUT2D eigenvalue weighted by atomic mass is 16.5. The molecule has 1 aliphatic heterocycles. The molecule has 4 heterocycles. The normalized spacial score (nSPS) is 15.8. The second-order valence-corrected chi connectivity index (χ2v) is 6.60. The smallest absolute Gasteiger partial charge is 0.223 e. The molecule has 1 saturated heterocycles. The number of hydrogen-bond donors (Lipinski definition) is 1. The molecule has 1 N–H and O–H groups in total. The Morgan fingerprint density at radius 2 is 2.34 bits per heavy atom. The summed E-state index contributed by atoms with van der Waals surface area (Å²) in [5.74, 6) is 1.14. The van der Waals surface area contributed by atoms with Crippen molar-refractivity contribution in [2.24, 2.45) is 0 Å². The van der Waals surface area contributed by atoms with Crippen LogP contribution in [0.5, 0.6) is 5.75 Å². The highest BCUT2D eigenvalue weighted by Gasteiger charge is 2.23. The van der Waals surface area contributed by atoms with Gasteiger partial charge >= 0.3 is 0 Å². The van der Waals surface area contributed by atoms with E-state index in [0.29, 0.717) is 31.3 Å². The zero-order chi connectivity index (χ0) is 20.1. The molecule has 3 aromatic heterocycles. The predicted octanol–water partition coefficient (Wildman–Crippen LogP) is 2.70. The van der Waals surface area contributed by atoms with Gasteiger partial charge in [-0.05, 0) is 18.6 Å². The van der Waals surface area contributed by atoms with E-state index in [2.05, 4.69) is 26.3 Å². The van der Waals surface area contributed by atoms with Gasteiger partial charge in [0.1, 0.15) is 11.4 Å². The molecular weight excluding hydrogens is 370 g/mol. The van der Waals surface area contributed by atoms with E-state index in [0.717, 1.165) is 35.5 Å². The van der Waals surface area contributed by atoms with Gasteiger partial charge in [0.05, 0.1) is 44.1 Å². The summed E-state index contributed by atoms with van der Waals surface area (Å²) in [5, 5.41) is 16.6. The number of hydrogen-bond acceptors (Lipinski definition) is 8. The summed E-state index contributed by atoms with van der Waals surface area (Å²) in [5.41, 5.74) is 3.22. The zero-order valence-electron chi connectivity index (χ0n) is 16.1. The number of ether oxygens (including phenoxy) is 2. The van der Waals surface area contributed by atoms with Crippen molar-refractivity contribution in [3.63, 3.8) is 0 Å². The van der Waals surface area contributed by atoms with Crippen LogP contribution in [-0.4, -0.2) is 51.6 Å². The van der Waals surface area contributed by atoms with Gasteiger partial charge in [0.25, 0.3) is 0 Å². The van der Waals surface area contributed by atoms with Crippen molar-refractivity contribution < 1.29 is 9.47 Å². The largest absolute Gasteiger partial charge is 0.495 e. The lowest BCUT2D eigenvalue weighted by Gasteiger charge is -2.07. The van der Waals surface area contributed by atoms with Crippen molar-refractivity contribution in [2.45, 2.75) is 18.9 Å². The summed E-state index contributed by atoms with van der Waals surface area (Å²) in [6.45, 7) is 1.86. The monoisotopic (exact) mass is 391 g/mol. The lowest BCUT2D eigenvalue weighted by molar-refractivity contribution is 0.184. The summed E-state index contributed by atoms with van der Waals surface area (Å²) in [6.07, 6.45) is 8.41. The number of nitrogens with one attached hydrogen (secondary N) is 1. The van der Waals surface area contributed by atoms with Gasteiger partial charge < -0.3 is 14.8 Å². The molecular formula is C20H21N7O2. The van der Waals surface area contributed by atoms with Crippen LogP contribution in [0.3, 0.4) is 0 Å². The second-order valence-electron chi connectivity index (χ2n) is 6.60. The molecule has 1 atom stereocenters. The number of pyridine rings is 1. The molecule has 1 fully saturated rings. The molecule has 0 aromatic carbocycles. The standard InChI is InChI=1S/C20H21N7O2/c1-28-16-9-14(10-22-11-16)19-17(12-27(26-19)15-4-8-29-13-15)18-3-7-24-20(25-18)23-6-2-5-21/h3,7,9-12,15H,2,4,6,8,13H2,1H3,(H,23,24,25). The SMILES string of the molecule is COc1cncc(-c2nn(C3CCOC3)cc2-c2ccnc(NCCC#N)n2)c1. The number of nitrogens with zero attached hydrogens (tertiary/aromatic N) is 6. The Balaban J connectivity index is 1.75. The fourth-order valence-electron chi connectivity index (χ4n) is 3.19. The minimum absolute atomic E-state index is 0.191. The van der Waals surface area contributed by atoms with Gasteiger partial charge in [0.2, 0.25) is 5.95 Å². The van der Waals surface area contributed by atoms with E-state index in [1.807, 2.05) is 23.0 Å². The van der Waals surface area contributed by atoms with Crippen molar-refractivity contribution in [2.75, 3.05) is 32.2 Å². The minimum atomic E-state index is 0.191. The Kier molecular flexibility index (Phi) is 5.63. The molecule has 4 rings (SSSR count). The van der Waals surface area contributed by atoms with Crippen LogP contribution in [0.25, 0.3) is 22.5 Å². The summed E-state index contributed by atoms with van der Waals surface area (Å²) in [6, 6.07) is 6.04. The van der Waals surface area contributed by atoms with E-state index in [1.54, 1.807) is 25.7 Å². The van der Waals surface area contributed by atoms with E-state index in [4.69, 9.17) is 19.8 Å². The van der Waals surface area contributed by atoms with Crippen molar-refractivity contribution >= 4 is 5.95 Å². The quantitative estimate of drug-likeness (QED) is 0.612. The first kappa shape index (κ1) is 18.8. The lowest BCUT2D eigenvalue weighted by atomic mass is 10.1. The van der Waals surface area contributed by atoms with Crippen molar-refractivity contribution in [1.82, 2.24) is 24.7 Å². The minimum Gasteiger partial charge on any atom is -0.495 e. The Morgan fingerprint density at radius 1 is 1.41 bits per heavy atom. The van der Waals surface area contributed by atoms with Gasteiger partial charge in [-0.25, -0.2) is 9.97 Å². The highest BCUT2D eigenvalue weighted by Crippen LogP contribution is 2.33. The molecule has 9 nitrogen and oxygen atoms in total. The van der Waals surface area contributed by atoms with Crippen LogP contribution in [0.2, 0.25) is 0 Å². The molecule has 0 bridgehead atoms. The van der Waals surface area contributed by atoms with Crippen molar-refractivity contribution in [3.8, 4) is 34.3 Å². The molecule has 29 heavy (non-hydrogen) atoms. The third-order valence-corrected chi connectivity index (χ3v) is 4.69. The average molecular weight is 391 g/mol. The van der Waals surface area contributed by atoms with Gasteiger partial charge in [-0.1, -0.05) is 0 Å². The number of aromatic nitrogens is 5. The maximum absolute atomic E-state index is 8.72. The third kappa shape index (κ3) is 4.17.